The maximum atomic E-state index is 13.4. The van der Waals surface area contributed by atoms with Gasteiger partial charge in [-0.15, -0.1) is 0 Å². The number of imide groups is 1. The molecular formula is C28H28N2O5S. The molecule has 0 radical (unpaired) electrons. The van der Waals surface area contributed by atoms with E-state index in [1.165, 1.54) is 4.90 Å². The highest BCUT2D eigenvalue weighted by Crippen LogP contribution is 2.26. The summed E-state index contributed by atoms with van der Waals surface area (Å²) in [6.07, 6.45) is 0.654. The van der Waals surface area contributed by atoms with Gasteiger partial charge in [-0.25, -0.2) is 4.79 Å². The maximum absolute atomic E-state index is 13.4. The second-order valence-corrected chi connectivity index (χ2v) is 9.04. The first-order chi connectivity index (χ1) is 17.5. The van der Waals surface area contributed by atoms with E-state index < -0.39 is 36.5 Å². The van der Waals surface area contributed by atoms with Gasteiger partial charge in [-0.3, -0.25) is 14.5 Å². The third-order valence-electron chi connectivity index (χ3n) is 6.15. The molecule has 186 valence electrons. The SMILES string of the molecule is O=C(O)CN1C(=O)N(C(CS)Cc2ccccc2)C(=O)C1Cc1ccc(OCc2ccccc2)cc1. The largest absolute Gasteiger partial charge is 0.489 e. The van der Waals surface area contributed by atoms with Crippen molar-refractivity contribution >= 4 is 30.5 Å². The van der Waals surface area contributed by atoms with Crippen LogP contribution in [0.5, 0.6) is 5.75 Å². The number of nitrogens with zero attached hydrogens (tertiary/aromatic N) is 2. The van der Waals surface area contributed by atoms with Crippen molar-refractivity contribution in [3.8, 4) is 5.75 Å². The molecule has 1 heterocycles. The number of benzene rings is 3. The lowest BCUT2D eigenvalue weighted by Gasteiger charge is -2.24. The molecule has 1 fully saturated rings. The summed E-state index contributed by atoms with van der Waals surface area (Å²) in [5.41, 5.74) is 2.82. The van der Waals surface area contributed by atoms with Gasteiger partial charge in [-0.1, -0.05) is 72.8 Å². The van der Waals surface area contributed by atoms with Gasteiger partial charge in [0.15, 0.2) is 0 Å². The third kappa shape index (κ3) is 6.07. The number of carbonyl (C=O) groups is 3. The first-order valence-corrected chi connectivity index (χ1v) is 12.4. The van der Waals surface area contributed by atoms with Crippen LogP contribution in [0.1, 0.15) is 16.7 Å². The van der Waals surface area contributed by atoms with Crippen LogP contribution in [-0.2, 0) is 29.0 Å². The van der Waals surface area contributed by atoms with Crippen LogP contribution in [0.2, 0.25) is 0 Å². The number of hydrogen-bond acceptors (Lipinski definition) is 5. The molecule has 36 heavy (non-hydrogen) atoms. The number of amides is 3. The summed E-state index contributed by atoms with van der Waals surface area (Å²) >= 11 is 4.39. The Morgan fingerprint density at radius 1 is 0.889 bits per heavy atom. The van der Waals surface area contributed by atoms with Gasteiger partial charge in [0.2, 0.25) is 0 Å². The number of aliphatic carboxylic acids is 1. The molecule has 2 atom stereocenters. The van der Waals surface area contributed by atoms with Gasteiger partial charge >= 0.3 is 12.0 Å². The minimum absolute atomic E-state index is 0.206. The number of rotatable bonds is 11. The third-order valence-corrected chi connectivity index (χ3v) is 6.57. The summed E-state index contributed by atoms with van der Waals surface area (Å²) in [7, 11) is 0. The zero-order valence-corrected chi connectivity index (χ0v) is 20.6. The molecule has 7 nitrogen and oxygen atoms in total. The van der Waals surface area contributed by atoms with Crippen LogP contribution < -0.4 is 4.74 Å². The van der Waals surface area contributed by atoms with E-state index in [1.807, 2.05) is 84.9 Å². The van der Waals surface area contributed by atoms with Gasteiger partial charge < -0.3 is 14.7 Å². The Balaban J connectivity index is 1.48. The van der Waals surface area contributed by atoms with Crippen LogP contribution in [0.25, 0.3) is 0 Å². The fraction of sp³-hybridized carbons (Fsp3) is 0.250. The lowest BCUT2D eigenvalue weighted by molar-refractivity contribution is -0.138. The van der Waals surface area contributed by atoms with Gasteiger partial charge in [0.05, 0.1) is 6.04 Å². The molecule has 0 saturated carbocycles. The number of hydrogen-bond donors (Lipinski definition) is 2. The quantitative estimate of drug-likeness (QED) is 0.304. The molecule has 2 unspecified atom stereocenters. The van der Waals surface area contributed by atoms with Crippen molar-refractivity contribution in [3.05, 3.63) is 102 Å². The molecule has 1 saturated heterocycles. The van der Waals surface area contributed by atoms with E-state index in [2.05, 4.69) is 12.6 Å². The number of carbonyl (C=O) groups excluding carboxylic acids is 2. The molecule has 8 heteroatoms. The summed E-state index contributed by atoms with van der Waals surface area (Å²) in [6, 6.07) is 24.7. The van der Waals surface area contributed by atoms with Crippen molar-refractivity contribution in [1.82, 2.24) is 9.80 Å². The topological polar surface area (TPSA) is 87.2 Å². The summed E-state index contributed by atoms with van der Waals surface area (Å²) in [4.78, 5) is 40.5. The normalized spacial score (nSPS) is 16.3. The molecule has 1 aliphatic heterocycles. The Hall–Kier alpha value is -3.78. The lowest BCUT2D eigenvalue weighted by atomic mass is 10.0. The Morgan fingerprint density at radius 2 is 1.50 bits per heavy atom. The molecule has 0 aliphatic carbocycles. The summed E-state index contributed by atoms with van der Waals surface area (Å²) in [5.74, 6) is -0.620. The van der Waals surface area contributed by atoms with Crippen molar-refractivity contribution in [2.24, 2.45) is 0 Å². The molecule has 1 aliphatic rings. The van der Waals surface area contributed by atoms with Gasteiger partial charge in [-0.2, -0.15) is 12.6 Å². The fourth-order valence-electron chi connectivity index (χ4n) is 4.33. The summed E-state index contributed by atoms with van der Waals surface area (Å²) in [6.45, 7) is -0.113. The Bertz CT molecular complexity index is 1190. The molecular weight excluding hydrogens is 476 g/mol. The fourth-order valence-corrected chi connectivity index (χ4v) is 4.62. The van der Waals surface area contributed by atoms with Gasteiger partial charge in [0.1, 0.15) is 24.9 Å². The van der Waals surface area contributed by atoms with Crippen molar-refractivity contribution in [3.63, 3.8) is 0 Å². The van der Waals surface area contributed by atoms with Crippen LogP contribution in [0.4, 0.5) is 4.79 Å². The average Bonchev–Trinajstić information content (AvgIpc) is 3.11. The summed E-state index contributed by atoms with van der Waals surface area (Å²) in [5, 5.41) is 9.41. The highest BCUT2D eigenvalue weighted by atomic mass is 32.1. The Morgan fingerprint density at radius 3 is 2.08 bits per heavy atom. The number of urea groups is 1. The van der Waals surface area contributed by atoms with E-state index in [9.17, 15) is 19.5 Å². The molecule has 0 spiro atoms. The monoisotopic (exact) mass is 504 g/mol. The van der Waals surface area contributed by atoms with E-state index in [0.717, 1.165) is 21.6 Å². The second-order valence-electron chi connectivity index (χ2n) is 8.68. The van der Waals surface area contributed by atoms with Crippen LogP contribution in [0.15, 0.2) is 84.9 Å². The Labute approximate surface area is 215 Å². The van der Waals surface area contributed by atoms with Crippen molar-refractivity contribution in [2.75, 3.05) is 12.3 Å². The highest BCUT2D eigenvalue weighted by molar-refractivity contribution is 7.80. The van der Waals surface area contributed by atoms with Crippen LogP contribution in [0.3, 0.4) is 0 Å². The van der Waals surface area contributed by atoms with Gasteiger partial charge in [0, 0.05) is 12.2 Å². The molecule has 0 aromatic heterocycles. The van der Waals surface area contributed by atoms with Crippen molar-refractivity contribution in [2.45, 2.75) is 31.5 Å². The van der Waals surface area contributed by atoms with Gasteiger partial charge in [0.25, 0.3) is 5.91 Å². The second kappa shape index (κ2) is 11.8. The molecule has 3 aromatic rings. The van der Waals surface area contributed by atoms with E-state index in [4.69, 9.17) is 4.74 Å². The zero-order chi connectivity index (χ0) is 25.5. The van der Waals surface area contributed by atoms with Crippen LogP contribution in [0, 0.1) is 0 Å². The van der Waals surface area contributed by atoms with Crippen molar-refractivity contribution < 1.29 is 24.2 Å². The predicted molar refractivity (Wildman–Crippen MR) is 139 cm³/mol. The maximum Gasteiger partial charge on any atom is 0.328 e. The number of ether oxygens (including phenoxy) is 1. The first kappa shape index (κ1) is 25.3. The minimum atomic E-state index is -1.17. The first-order valence-electron chi connectivity index (χ1n) is 11.7. The summed E-state index contributed by atoms with van der Waals surface area (Å²) < 4.78 is 5.82. The van der Waals surface area contributed by atoms with Crippen LogP contribution >= 0.6 is 12.6 Å². The van der Waals surface area contributed by atoms with E-state index >= 15 is 0 Å². The zero-order valence-electron chi connectivity index (χ0n) is 19.7. The Kier molecular flexibility index (Phi) is 8.28. The van der Waals surface area contributed by atoms with Crippen LogP contribution in [-0.4, -0.2) is 57.2 Å². The molecule has 1 N–H and O–H groups in total. The van der Waals surface area contributed by atoms with E-state index in [-0.39, 0.29) is 12.2 Å². The smallest absolute Gasteiger partial charge is 0.328 e. The molecule has 3 amide bonds. The van der Waals surface area contributed by atoms with E-state index in [1.54, 1.807) is 0 Å². The number of thiol groups is 1. The number of carboxylic acid groups (broad SMARTS) is 1. The predicted octanol–water partition coefficient (Wildman–Crippen LogP) is 4.07. The molecule has 3 aromatic carbocycles. The highest BCUT2D eigenvalue weighted by Gasteiger charge is 2.48. The lowest BCUT2D eigenvalue weighted by Crippen LogP contribution is -2.44. The average molecular weight is 505 g/mol. The minimum Gasteiger partial charge on any atom is -0.489 e. The van der Waals surface area contributed by atoms with Gasteiger partial charge in [-0.05, 0) is 35.2 Å². The molecule has 4 rings (SSSR count). The molecule has 0 bridgehead atoms. The standard InChI is InChI=1S/C28H28N2O5S/c31-26(32)17-29-25(16-21-11-13-24(14-12-21)35-18-22-9-5-2-6-10-22)27(33)30(28(29)34)23(19-36)15-20-7-3-1-4-8-20/h1-14,23,25,36H,15-19H2,(H,31,32). The van der Waals surface area contributed by atoms with Crippen molar-refractivity contribution in [1.29, 1.82) is 0 Å². The number of carboxylic acids is 1. The van der Waals surface area contributed by atoms with E-state index in [0.29, 0.717) is 18.8 Å².